The van der Waals surface area contributed by atoms with Crippen LogP contribution in [0.25, 0.3) is 0 Å². The summed E-state index contributed by atoms with van der Waals surface area (Å²) in [6, 6.07) is 0. The van der Waals surface area contributed by atoms with E-state index >= 15 is 0 Å². The highest BCUT2D eigenvalue weighted by Gasteiger charge is 2.03. The van der Waals surface area contributed by atoms with Gasteiger partial charge in [-0.15, -0.1) is 0 Å². The molecule has 0 spiro atoms. The fourth-order valence-electron chi connectivity index (χ4n) is 1.88. The van der Waals surface area contributed by atoms with E-state index in [9.17, 15) is 9.59 Å². The number of hydrogen-bond acceptors (Lipinski definition) is 8. The third-order valence-corrected chi connectivity index (χ3v) is 3.28. The number of amides is 1. The van der Waals surface area contributed by atoms with Gasteiger partial charge in [-0.3, -0.25) is 9.59 Å². The van der Waals surface area contributed by atoms with Gasteiger partial charge >= 0.3 is 5.97 Å². The Hall–Kier alpha value is -1.30. The van der Waals surface area contributed by atoms with Gasteiger partial charge in [-0.2, -0.15) is 0 Å². The topological polar surface area (TPSA) is 122 Å². The first kappa shape index (κ1) is 26.7. The van der Waals surface area contributed by atoms with E-state index in [-0.39, 0.29) is 18.7 Å². The summed E-state index contributed by atoms with van der Waals surface area (Å²) in [5.41, 5.74) is 0. The van der Waals surface area contributed by atoms with Crippen molar-refractivity contribution in [3.63, 3.8) is 0 Å². The fraction of sp³-hybridized carbons (Fsp3) is 0.889. The number of carboxylic acids is 1. The molecule has 0 bridgehead atoms. The maximum atomic E-state index is 11.4. The molecule has 0 aromatic carbocycles. The van der Waals surface area contributed by atoms with Crippen molar-refractivity contribution in [2.45, 2.75) is 19.3 Å². The van der Waals surface area contributed by atoms with Gasteiger partial charge in [-0.05, 0) is 6.42 Å². The standard InChI is InChI=1S/C18H35NO9/c1-23-7-8-25-11-12-27-15-16-28-14-13-26-10-9-24-6-5-19-17(20)3-2-4-18(21)22/h2-16H2,1H3,(H,19,20)(H,21,22). The lowest BCUT2D eigenvalue weighted by Gasteiger charge is -2.08. The van der Waals surface area contributed by atoms with Crippen LogP contribution in [0.15, 0.2) is 0 Å². The van der Waals surface area contributed by atoms with Crippen molar-refractivity contribution >= 4 is 11.9 Å². The average molecular weight is 409 g/mol. The number of carbonyl (C=O) groups excluding carboxylic acids is 1. The second kappa shape index (κ2) is 22.0. The number of ether oxygens (including phenoxy) is 6. The Morgan fingerprint density at radius 3 is 1.54 bits per heavy atom. The molecule has 10 nitrogen and oxygen atoms in total. The maximum Gasteiger partial charge on any atom is 0.303 e. The lowest BCUT2D eigenvalue weighted by Crippen LogP contribution is -2.27. The molecule has 2 N–H and O–H groups in total. The molecule has 0 heterocycles. The quantitative estimate of drug-likeness (QED) is 0.240. The molecular formula is C18H35NO9. The van der Waals surface area contributed by atoms with Crippen molar-refractivity contribution in [2.75, 3.05) is 86.3 Å². The fourth-order valence-corrected chi connectivity index (χ4v) is 1.88. The highest BCUT2D eigenvalue weighted by Crippen LogP contribution is 1.94. The number of hydrogen-bond donors (Lipinski definition) is 2. The Kier molecular flexibility index (Phi) is 21.0. The summed E-state index contributed by atoms with van der Waals surface area (Å²) in [6.07, 6.45) is 0.554. The molecule has 0 rings (SSSR count). The smallest absolute Gasteiger partial charge is 0.303 e. The summed E-state index contributed by atoms with van der Waals surface area (Å²) in [7, 11) is 1.63. The minimum absolute atomic E-state index is 0.00225. The molecule has 0 aromatic rings. The number of nitrogens with one attached hydrogen (secondary N) is 1. The zero-order chi connectivity index (χ0) is 20.7. The van der Waals surface area contributed by atoms with Gasteiger partial charge in [-0.1, -0.05) is 0 Å². The average Bonchev–Trinajstić information content (AvgIpc) is 2.66. The Bertz CT molecular complexity index is 369. The number of carboxylic acid groups (broad SMARTS) is 1. The van der Waals surface area contributed by atoms with Gasteiger partial charge in [0.05, 0.1) is 72.7 Å². The Balaban J connectivity index is 3.10. The summed E-state index contributed by atoms with van der Waals surface area (Å²) in [4.78, 5) is 21.7. The number of methoxy groups -OCH3 is 1. The van der Waals surface area contributed by atoms with Crippen LogP contribution in [-0.2, 0) is 38.0 Å². The second-order valence-corrected chi connectivity index (χ2v) is 5.65. The van der Waals surface area contributed by atoms with Crippen molar-refractivity contribution in [3.8, 4) is 0 Å². The van der Waals surface area contributed by atoms with E-state index in [4.69, 9.17) is 33.5 Å². The van der Waals surface area contributed by atoms with E-state index in [1.54, 1.807) is 7.11 Å². The van der Waals surface area contributed by atoms with E-state index in [2.05, 4.69) is 5.32 Å². The largest absolute Gasteiger partial charge is 0.481 e. The summed E-state index contributed by atoms with van der Waals surface area (Å²) < 4.78 is 31.5. The highest BCUT2D eigenvalue weighted by atomic mass is 16.6. The number of carbonyl (C=O) groups is 2. The molecule has 1 amide bonds. The Morgan fingerprint density at radius 2 is 1.11 bits per heavy atom. The number of aliphatic carboxylic acids is 1. The van der Waals surface area contributed by atoms with Crippen LogP contribution in [0.4, 0.5) is 0 Å². The zero-order valence-electron chi connectivity index (χ0n) is 16.8. The molecule has 0 aromatic heterocycles. The first-order valence-electron chi connectivity index (χ1n) is 9.53. The summed E-state index contributed by atoms with van der Waals surface area (Å²) in [5, 5.41) is 11.1. The third kappa shape index (κ3) is 22.7. The van der Waals surface area contributed by atoms with Crippen molar-refractivity contribution < 1.29 is 43.1 Å². The van der Waals surface area contributed by atoms with Gasteiger partial charge in [0.15, 0.2) is 0 Å². The third-order valence-electron chi connectivity index (χ3n) is 3.28. The minimum atomic E-state index is -0.894. The Morgan fingerprint density at radius 1 is 0.679 bits per heavy atom. The van der Waals surface area contributed by atoms with Gasteiger partial charge in [0.25, 0.3) is 0 Å². The molecule has 0 radical (unpaired) electrons. The van der Waals surface area contributed by atoms with E-state index in [1.165, 1.54) is 0 Å². The lowest BCUT2D eigenvalue weighted by atomic mass is 10.2. The molecule has 0 aliphatic heterocycles. The predicted octanol–water partition coefficient (Wildman–Crippen LogP) is 0.0869. The first-order valence-corrected chi connectivity index (χ1v) is 9.53. The molecule has 0 aliphatic rings. The van der Waals surface area contributed by atoms with Gasteiger partial charge in [0.2, 0.25) is 5.91 Å². The molecule has 0 unspecified atom stereocenters. The molecule has 0 saturated heterocycles. The lowest BCUT2D eigenvalue weighted by molar-refractivity contribution is -0.137. The van der Waals surface area contributed by atoms with E-state index < -0.39 is 5.97 Å². The van der Waals surface area contributed by atoms with Crippen molar-refractivity contribution in [2.24, 2.45) is 0 Å². The zero-order valence-corrected chi connectivity index (χ0v) is 16.8. The van der Waals surface area contributed by atoms with Crippen molar-refractivity contribution in [3.05, 3.63) is 0 Å². The molecule has 10 heteroatoms. The van der Waals surface area contributed by atoms with Crippen LogP contribution in [0, 0.1) is 0 Å². The molecule has 28 heavy (non-hydrogen) atoms. The van der Waals surface area contributed by atoms with E-state index in [1.807, 2.05) is 0 Å². The summed E-state index contributed by atoms with van der Waals surface area (Å²) in [5.74, 6) is -1.06. The predicted molar refractivity (Wildman–Crippen MR) is 100 cm³/mol. The van der Waals surface area contributed by atoms with Crippen LogP contribution < -0.4 is 5.32 Å². The molecule has 166 valence electrons. The van der Waals surface area contributed by atoms with Gasteiger partial charge in [-0.25, -0.2) is 0 Å². The summed E-state index contributed by atoms with van der Waals surface area (Å²) >= 11 is 0. The van der Waals surface area contributed by atoms with Gasteiger partial charge < -0.3 is 38.8 Å². The van der Waals surface area contributed by atoms with Crippen LogP contribution in [0.3, 0.4) is 0 Å². The van der Waals surface area contributed by atoms with Gasteiger partial charge in [0, 0.05) is 26.5 Å². The van der Waals surface area contributed by atoms with Crippen LogP contribution >= 0.6 is 0 Å². The molecule has 0 fully saturated rings. The van der Waals surface area contributed by atoms with Crippen molar-refractivity contribution in [1.29, 1.82) is 0 Å². The Labute approximate surface area is 166 Å². The monoisotopic (exact) mass is 409 g/mol. The highest BCUT2D eigenvalue weighted by molar-refractivity contribution is 5.76. The van der Waals surface area contributed by atoms with E-state index in [0.29, 0.717) is 85.6 Å². The van der Waals surface area contributed by atoms with Crippen molar-refractivity contribution in [1.82, 2.24) is 5.32 Å². The molecular weight excluding hydrogens is 374 g/mol. The van der Waals surface area contributed by atoms with Crippen LogP contribution in [0.2, 0.25) is 0 Å². The van der Waals surface area contributed by atoms with Gasteiger partial charge in [0.1, 0.15) is 0 Å². The second-order valence-electron chi connectivity index (χ2n) is 5.65. The van der Waals surface area contributed by atoms with Crippen LogP contribution in [0.5, 0.6) is 0 Å². The minimum Gasteiger partial charge on any atom is -0.481 e. The molecule has 0 aliphatic carbocycles. The van der Waals surface area contributed by atoms with Crippen LogP contribution in [0.1, 0.15) is 19.3 Å². The van der Waals surface area contributed by atoms with Crippen LogP contribution in [-0.4, -0.2) is 103 Å². The molecule has 0 saturated carbocycles. The first-order chi connectivity index (χ1) is 13.7. The van der Waals surface area contributed by atoms with E-state index in [0.717, 1.165) is 0 Å². The molecule has 0 atom stereocenters. The maximum absolute atomic E-state index is 11.4. The summed E-state index contributed by atoms with van der Waals surface area (Å²) in [6.45, 7) is 5.87. The SMILES string of the molecule is COCCOCCOCCOCCOCCOCCNC(=O)CCCC(=O)O. The normalized spacial score (nSPS) is 10.9. The number of rotatable bonds is 22.